The number of rotatable bonds is 2. The zero-order valence-corrected chi connectivity index (χ0v) is 7.30. The van der Waals surface area contributed by atoms with Crippen molar-refractivity contribution < 1.29 is 14.9 Å². The van der Waals surface area contributed by atoms with E-state index in [1.165, 1.54) is 13.2 Å². The number of halogens is 1. The van der Waals surface area contributed by atoms with Crippen LogP contribution in [0.25, 0.3) is 0 Å². The van der Waals surface area contributed by atoms with E-state index in [9.17, 15) is 5.11 Å². The zero-order valence-electron chi connectivity index (χ0n) is 6.54. The van der Waals surface area contributed by atoms with Crippen molar-refractivity contribution in [3.8, 4) is 11.5 Å². The van der Waals surface area contributed by atoms with Gasteiger partial charge in [-0.05, 0) is 6.07 Å². The summed E-state index contributed by atoms with van der Waals surface area (Å²) in [6.07, 6.45) is 0. The fourth-order valence-corrected chi connectivity index (χ4v) is 1.14. The number of ether oxygens (including phenoxy) is 1. The molecule has 2 N–H and O–H groups in total. The quantitative estimate of drug-likeness (QED) is 0.697. The number of phenolic OH excluding ortho intramolecular Hbond substituents is 2. The Balaban J connectivity index is 3.09. The molecular formula is C8H9ClO3. The van der Waals surface area contributed by atoms with E-state index in [0.29, 0.717) is 10.6 Å². The highest BCUT2D eigenvalue weighted by atomic mass is 35.5. The van der Waals surface area contributed by atoms with Crippen LogP contribution in [0.1, 0.15) is 5.56 Å². The van der Waals surface area contributed by atoms with Crippen LogP contribution in [-0.4, -0.2) is 17.3 Å². The highest BCUT2D eigenvalue weighted by molar-refractivity contribution is 6.30. The smallest absolute Gasteiger partial charge is 0.163 e. The predicted molar refractivity (Wildman–Crippen MR) is 45.5 cm³/mol. The SMILES string of the molecule is COCc1cc(Cl)cc(O)c1O. The first-order chi connectivity index (χ1) is 5.65. The molecule has 0 unspecified atom stereocenters. The highest BCUT2D eigenvalue weighted by Crippen LogP contribution is 2.32. The molecule has 1 rings (SSSR count). The first-order valence-corrected chi connectivity index (χ1v) is 3.72. The molecule has 0 aliphatic heterocycles. The van der Waals surface area contributed by atoms with E-state index in [-0.39, 0.29) is 18.1 Å². The summed E-state index contributed by atoms with van der Waals surface area (Å²) in [4.78, 5) is 0. The maximum Gasteiger partial charge on any atom is 0.163 e. The van der Waals surface area contributed by atoms with Crippen molar-refractivity contribution in [2.45, 2.75) is 6.61 Å². The molecule has 0 saturated carbocycles. The molecule has 0 amide bonds. The van der Waals surface area contributed by atoms with E-state index in [4.69, 9.17) is 21.4 Å². The fraction of sp³-hybridized carbons (Fsp3) is 0.250. The lowest BCUT2D eigenvalue weighted by atomic mass is 10.2. The van der Waals surface area contributed by atoms with Gasteiger partial charge in [-0.25, -0.2) is 0 Å². The summed E-state index contributed by atoms with van der Waals surface area (Å²) in [5.74, 6) is -0.407. The van der Waals surface area contributed by atoms with Crippen molar-refractivity contribution in [3.63, 3.8) is 0 Å². The summed E-state index contributed by atoms with van der Waals surface area (Å²) in [6.45, 7) is 0.222. The largest absolute Gasteiger partial charge is 0.504 e. The van der Waals surface area contributed by atoms with Gasteiger partial charge in [-0.2, -0.15) is 0 Å². The van der Waals surface area contributed by atoms with Gasteiger partial charge in [0.25, 0.3) is 0 Å². The van der Waals surface area contributed by atoms with Crippen LogP contribution in [0.4, 0.5) is 0 Å². The average molecular weight is 189 g/mol. The van der Waals surface area contributed by atoms with Crippen LogP contribution >= 0.6 is 11.6 Å². The van der Waals surface area contributed by atoms with Gasteiger partial charge in [-0.1, -0.05) is 11.6 Å². The minimum Gasteiger partial charge on any atom is -0.504 e. The molecule has 0 aliphatic rings. The second-order valence-corrected chi connectivity index (χ2v) is 2.80. The summed E-state index contributed by atoms with van der Waals surface area (Å²) in [6, 6.07) is 2.82. The lowest BCUT2D eigenvalue weighted by Gasteiger charge is -2.05. The predicted octanol–water partition coefficient (Wildman–Crippen LogP) is 1.90. The van der Waals surface area contributed by atoms with Gasteiger partial charge in [-0.3, -0.25) is 0 Å². The van der Waals surface area contributed by atoms with Gasteiger partial charge in [-0.15, -0.1) is 0 Å². The topological polar surface area (TPSA) is 49.7 Å². The summed E-state index contributed by atoms with van der Waals surface area (Å²) in [5, 5.41) is 18.8. The molecule has 0 heterocycles. The van der Waals surface area contributed by atoms with Gasteiger partial charge in [0.05, 0.1) is 6.61 Å². The molecule has 0 atom stereocenters. The number of phenols is 2. The fourth-order valence-electron chi connectivity index (χ4n) is 0.905. The lowest BCUT2D eigenvalue weighted by Crippen LogP contribution is -1.88. The van der Waals surface area contributed by atoms with Crippen LogP contribution in [0.15, 0.2) is 12.1 Å². The molecule has 0 radical (unpaired) electrons. The second-order valence-electron chi connectivity index (χ2n) is 2.37. The minimum atomic E-state index is -0.227. The second kappa shape index (κ2) is 3.65. The average Bonchev–Trinajstić information content (AvgIpc) is 2.00. The third-order valence-electron chi connectivity index (χ3n) is 1.43. The van der Waals surface area contributed by atoms with Crippen molar-refractivity contribution in [1.82, 2.24) is 0 Å². The van der Waals surface area contributed by atoms with Crippen molar-refractivity contribution in [2.75, 3.05) is 7.11 Å². The Hall–Kier alpha value is -0.930. The van der Waals surface area contributed by atoms with E-state index in [2.05, 4.69) is 0 Å². The van der Waals surface area contributed by atoms with E-state index in [1.807, 2.05) is 0 Å². The van der Waals surface area contributed by atoms with Crippen LogP contribution in [0.3, 0.4) is 0 Å². The van der Waals surface area contributed by atoms with Crippen molar-refractivity contribution in [2.24, 2.45) is 0 Å². The van der Waals surface area contributed by atoms with Crippen LogP contribution in [0.2, 0.25) is 5.02 Å². The van der Waals surface area contributed by atoms with Crippen LogP contribution in [0, 0.1) is 0 Å². The Labute approximate surface area is 75.2 Å². The van der Waals surface area contributed by atoms with Crippen molar-refractivity contribution in [3.05, 3.63) is 22.7 Å². The van der Waals surface area contributed by atoms with E-state index >= 15 is 0 Å². The van der Waals surface area contributed by atoms with Gasteiger partial charge in [0.2, 0.25) is 0 Å². The Morgan fingerprint density at radius 2 is 2.08 bits per heavy atom. The first kappa shape index (κ1) is 9.16. The van der Waals surface area contributed by atoms with Gasteiger partial charge < -0.3 is 14.9 Å². The number of aromatic hydroxyl groups is 2. The number of methoxy groups -OCH3 is 1. The molecule has 66 valence electrons. The number of benzene rings is 1. The molecular weight excluding hydrogens is 180 g/mol. The maximum absolute atomic E-state index is 9.26. The first-order valence-electron chi connectivity index (χ1n) is 3.34. The third-order valence-corrected chi connectivity index (χ3v) is 1.65. The molecule has 0 bridgehead atoms. The third kappa shape index (κ3) is 1.81. The number of hydrogen-bond acceptors (Lipinski definition) is 3. The Kier molecular flexibility index (Phi) is 2.78. The monoisotopic (exact) mass is 188 g/mol. The van der Waals surface area contributed by atoms with E-state index < -0.39 is 0 Å². The molecule has 0 spiro atoms. The van der Waals surface area contributed by atoms with Gasteiger partial charge >= 0.3 is 0 Å². The lowest BCUT2D eigenvalue weighted by molar-refractivity contribution is 0.181. The number of hydrogen-bond donors (Lipinski definition) is 2. The maximum atomic E-state index is 9.26. The zero-order chi connectivity index (χ0) is 9.14. The van der Waals surface area contributed by atoms with Crippen molar-refractivity contribution >= 4 is 11.6 Å². The molecule has 0 aromatic heterocycles. The molecule has 12 heavy (non-hydrogen) atoms. The van der Waals surface area contributed by atoms with E-state index in [0.717, 1.165) is 0 Å². The molecule has 0 saturated heterocycles. The van der Waals surface area contributed by atoms with Gasteiger partial charge in [0.15, 0.2) is 11.5 Å². The molecule has 3 nitrogen and oxygen atoms in total. The summed E-state index contributed by atoms with van der Waals surface area (Å²) < 4.78 is 4.79. The minimum absolute atomic E-state index is 0.179. The Morgan fingerprint density at radius 3 is 2.67 bits per heavy atom. The summed E-state index contributed by atoms with van der Waals surface area (Å²) in [7, 11) is 1.50. The van der Waals surface area contributed by atoms with Crippen LogP contribution < -0.4 is 0 Å². The van der Waals surface area contributed by atoms with Gasteiger partial charge in [0, 0.05) is 23.8 Å². The van der Waals surface area contributed by atoms with Crippen molar-refractivity contribution in [1.29, 1.82) is 0 Å². The summed E-state index contributed by atoms with van der Waals surface area (Å²) >= 11 is 5.63. The summed E-state index contributed by atoms with van der Waals surface area (Å²) in [5.41, 5.74) is 0.475. The highest BCUT2D eigenvalue weighted by Gasteiger charge is 2.07. The normalized spacial score (nSPS) is 10.2. The molecule has 0 aliphatic carbocycles. The van der Waals surface area contributed by atoms with Crippen LogP contribution in [-0.2, 0) is 11.3 Å². The molecule has 0 fully saturated rings. The van der Waals surface area contributed by atoms with Gasteiger partial charge in [0.1, 0.15) is 0 Å². The molecule has 1 aromatic carbocycles. The van der Waals surface area contributed by atoms with Crippen LogP contribution in [0.5, 0.6) is 11.5 Å². The standard InChI is InChI=1S/C8H9ClO3/c1-12-4-5-2-6(9)3-7(10)8(5)11/h2-3,10-11H,4H2,1H3. The molecule has 1 aromatic rings. The Morgan fingerprint density at radius 1 is 1.42 bits per heavy atom. The van der Waals surface area contributed by atoms with E-state index in [1.54, 1.807) is 6.07 Å². The Bertz CT molecular complexity index is 286. The molecule has 4 heteroatoms.